The number of methoxy groups -OCH3 is 1. The summed E-state index contributed by atoms with van der Waals surface area (Å²) in [6, 6.07) is 0.248. The standard InChI is InChI=1S/C11H19N3OS/c1-7(11(3,15-4)9-5-6-9)12-10-13-8(2)14-16-10/h7,9H,5-6H2,1-4H3,(H,12,13,14)/t7-,11-/m0/s1. The number of ether oxygens (including phenoxy) is 1. The van der Waals surface area contributed by atoms with Crippen LogP contribution in [0.5, 0.6) is 0 Å². The minimum absolute atomic E-state index is 0.0976. The Morgan fingerprint density at radius 3 is 2.69 bits per heavy atom. The Bertz CT molecular complexity index is 364. The van der Waals surface area contributed by atoms with Crippen LogP contribution in [0.1, 0.15) is 32.5 Å². The zero-order valence-corrected chi connectivity index (χ0v) is 11.1. The van der Waals surface area contributed by atoms with Crippen LogP contribution in [0.3, 0.4) is 0 Å². The van der Waals surface area contributed by atoms with Crippen LogP contribution in [-0.2, 0) is 4.74 Å². The third kappa shape index (κ3) is 2.20. The van der Waals surface area contributed by atoms with Crippen molar-refractivity contribution in [3.8, 4) is 0 Å². The van der Waals surface area contributed by atoms with Crippen LogP contribution in [0.2, 0.25) is 0 Å². The van der Waals surface area contributed by atoms with E-state index in [9.17, 15) is 0 Å². The van der Waals surface area contributed by atoms with Crippen LogP contribution < -0.4 is 5.32 Å². The van der Waals surface area contributed by atoms with Gasteiger partial charge >= 0.3 is 0 Å². The molecule has 4 nitrogen and oxygen atoms in total. The van der Waals surface area contributed by atoms with Gasteiger partial charge in [0.25, 0.3) is 0 Å². The molecule has 2 rings (SSSR count). The van der Waals surface area contributed by atoms with Gasteiger partial charge in [0.2, 0.25) is 5.13 Å². The molecule has 1 aromatic heterocycles. The summed E-state index contributed by atoms with van der Waals surface area (Å²) in [5.41, 5.74) is -0.0976. The smallest absolute Gasteiger partial charge is 0.202 e. The van der Waals surface area contributed by atoms with Crippen LogP contribution in [-0.4, -0.2) is 28.1 Å². The molecule has 1 heterocycles. The molecule has 0 saturated heterocycles. The van der Waals surface area contributed by atoms with E-state index in [1.54, 1.807) is 7.11 Å². The molecule has 1 saturated carbocycles. The van der Waals surface area contributed by atoms with Crippen LogP contribution in [0.25, 0.3) is 0 Å². The van der Waals surface area contributed by atoms with E-state index in [1.807, 2.05) is 6.92 Å². The van der Waals surface area contributed by atoms with Crippen molar-refractivity contribution >= 4 is 16.7 Å². The molecule has 0 aliphatic heterocycles. The molecule has 5 heteroatoms. The lowest BCUT2D eigenvalue weighted by molar-refractivity contribution is -0.0246. The van der Waals surface area contributed by atoms with Crippen molar-refractivity contribution in [1.82, 2.24) is 9.36 Å². The minimum atomic E-state index is -0.0976. The molecule has 0 aromatic carbocycles. The fourth-order valence-electron chi connectivity index (χ4n) is 2.04. The first kappa shape index (κ1) is 11.8. The second kappa shape index (κ2) is 4.30. The molecule has 90 valence electrons. The van der Waals surface area contributed by atoms with E-state index in [2.05, 4.69) is 28.5 Å². The highest BCUT2D eigenvalue weighted by Gasteiger charge is 2.45. The van der Waals surface area contributed by atoms with Crippen molar-refractivity contribution < 1.29 is 4.74 Å². The van der Waals surface area contributed by atoms with Crippen molar-refractivity contribution in [1.29, 1.82) is 0 Å². The first-order valence-corrected chi connectivity index (χ1v) is 6.45. The topological polar surface area (TPSA) is 47.0 Å². The zero-order valence-electron chi connectivity index (χ0n) is 10.3. The molecule has 0 bridgehead atoms. The van der Waals surface area contributed by atoms with Crippen molar-refractivity contribution in [2.45, 2.75) is 45.3 Å². The van der Waals surface area contributed by atoms with Crippen LogP contribution in [0.4, 0.5) is 5.13 Å². The number of rotatable bonds is 5. The van der Waals surface area contributed by atoms with Gasteiger partial charge in [0.15, 0.2) is 0 Å². The van der Waals surface area contributed by atoms with Gasteiger partial charge in [-0.1, -0.05) is 0 Å². The highest BCUT2D eigenvalue weighted by molar-refractivity contribution is 7.09. The quantitative estimate of drug-likeness (QED) is 0.860. The fourth-order valence-corrected chi connectivity index (χ4v) is 2.70. The Morgan fingerprint density at radius 1 is 1.56 bits per heavy atom. The lowest BCUT2D eigenvalue weighted by Gasteiger charge is -2.35. The second-order valence-corrected chi connectivity index (χ2v) is 5.43. The SMILES string of the molecule is CO[C@](C)(C1CC1)[C@H](C)Nc1nc(C)ns1. The minimum Gasteiger partial charge on any atom is -0.376 e. The van der Waals surface area contributed by atoms with Crippen molar-refractivity contribution in [3.05, 3.63) is 5.82 Å². The summed E-state index contributed by atoms with van der Waals surface area (Å²) in [6.45, 7) is 6.23. The Kier molecular flexibility index (Phi) is 3.17. The van der Waals surface area contributed by atoms with E-state index in [0.717, 1.165) is 11.0 Å². The number of aromatic nitrogens is 2. The maximum absolute atomic E-state index is 5.70. The first-order chi connectivity index (χ1) is 7.56. The van der Waals surface area contributed by atoms with Crippen LogP contribution >= 0.6 is 11.5 Å². The van der Waals surface area contributed by atoms with Gasteiger partial charge in [-0.05, 0) is 39.5 Å². The average Bonchev–Trinajstić information content (AvgIpc) is 3.03. The fraction of sp³-hybridized carbons (Fsp3) is 0.818. The number of anilines is 1. The molecule has 2 atom stereocenters. The Hall–Kier alpha value is -0.680. The van der Waals surface area contributed by atoms with Crippen molar-refractivity contribution in [2.75, 3.05) is 12.4 Å². The Labute approximate surface area is 101 Å². The zero-order chi connectivity index (χ0) is 11.8. The largest absolute Gasteiger partial charge is 0.376 e. The van der Waals surface area contributed by atoms with Gasteiger partial charge in [0.05, 0.1) is 11.6 Å². The normalized spacial score (nSPS) is 21.5. The third-order valence-electron chi connectivity index (χ3n) is 3.56. The molecule has 16 heavy (non-hydrogen) atoms. The number of nitrogens with one attached hydrogen (secondary N) is 1. The summed E-state index contributed by atoms with van der Waals surface area (Å²) >= 11 is 1.41. The highest BCUT2D eigenvalue weighted by Crippen LogP contribution is 2.44. The Morgan fingerprint density at radius 2 is 2.25 bits per heavy atom. The average molecular weight is 241 g/mol. The monoisotopic (exact) mass is 241 g/mol. The maximum atomic E-state index is 5.70. The summed E-state index contributed by atoms with van der Waals surface area (Å²) in [5, 5.41) is 4.28. The van der Waals surface area contributed by atoms with E-state index in [4.69, 9.17) is 4.74 Å². The summed E-state index contributed by atoms with van der Waals surface area (Å²) in [5.74, 6) is 1.50. The van der Waals surface area contributed by atoms with Gasteiger partial charge in [-0.2, -0.15) is 4.37 Å². The van der Waals surface area contributed by atoms with Crippen LogP contribution in [0, 0.1) is 12.8 Å². The van der Waals surface area contributed by atoms with E-state index in [1.165, 1.54) is 24.4 Å². The van der Waals surface area contributed by atoms with Gasteiger partial charge in [0, 0.05) is 18.6 Å². The second-order valence-electron chi connectivity index (χ2n) is 4.68. The molecule has 0 spiro atoms. The number of aryl methyl sites for hydroxylation is 1. The lowest BCUT2D eigenvalue weighted by atomic mass is 9.92. The molecule has 1 N–H and O–H groups in total. The summed E-state index contributed by atoms with van der Waals surface area (Å²) in [4.78, 5) is 4.32. The molecule has 1 aliphatic rings. The van der Waals surface area contributed by atoms with Crippen molar-refractivity contribution in [2.24, 2.45) is 5.92 Å². The van der Waals surface area contributed by atoms with Gasteiger partial charge in [-0.25, -0.2) is 4.98 Å². The van der Waals surface area contributed by atoms with Crippen molar-refractivity contribution in [3.63, 3.8) is 0 Å². The predicted molar refractivity (Wildman–Crippen MR) is 65.9 cm³/mol. The summed E-state index contributed by atoms with van der Waals surface area (Å²) < 4.78 is 9.86. The number of hydrogen-bond donors (Lipinski definition) is 1. The van der Waals surface area contributed by atoms with Crippen LogP contribution in [0.15, 0.2) is 0 Å². The molecule has 1 aliphatic carbocycles. The van der Waals surface area contributed by atoms with Gasteiger partial charge in [-0.3, -0.25) is 0 Å². The molecular weight excluding hydrogens is 222 g/mol. The lowest BCUT2D eigenvalue weighted by Crippen LogP contribution is -2.46. The molecule has 1 aromatic rings. The van der Waals surface area contributed by atoms with E-state index in [-0.39, 0.29) is 11.6 Å². The summed E-state index contributed by atoms with van der Waals surface area (Å²) in [7, 11) is 1.79. The third-order valence-corrected chi connectivity index (χ3v) is 4.29. The molecular formula is C11H19N3OS. The predicted octanol–water partition coefficient (Wildman–Crippen LogP) is 2.46. The molecule has 0 amide bonds. The molecule has 0 radical (unpaired) electrons. The van der Waals surface area contributed by atoms with E-state index >= 15 is 0 Å². The van der Waals surface area contributed by atoms with E-state index < -0.39 is 0 Å². The number of hydrogen-bond acceptors (Lipinski definition) is 5. The van der Waals surface area contributed by atoms with Gasteiger partial charge in [-0.15, -0.1) is 0 Å². The van der Waals surface area contributed by atoms with Gasteiger partial charge in [0.1, 0.15) is 5.82 Å². The summed E-state index contributed by atoms with van der Waals surface area (Å²) in [6.07, 6.45) is 2.54. The highest BCUT2D eigenvalue weighted by atomic mass is 32.1. The molecule has 1 fully saturated rings. The maximum Gasteiger partial charge on any atom is 0.202 e. The number of nitrogens with zero attached hydrogens (tertiary/aromatic N) is 2. The first-order valence-electron chi connectivity index (χ1n) is 5.68. The van der Waals surface area contributed by atoms with E-state index in [0.29, 0.717) is 5.92 Å². The Balaban J connectivity index is 2.03. The van der Waals surface area contributed by atoms with Gasteiger partial charge < -0.3 is 10.1 Å². The molecule has 0 unspecified atom stereocenters.